The zero-order chi connectivity index (χ0) is 11.5. The molecule has 1 aliphatic heterocycles. The molecule has 0 unspecified atom stereocenters. The highest BCUT2D eigenvalue weighted by Crippen LogP contribution is 2.22. The van der Waals surface area contributed by atoms with Crippen molar-refractivity contribution in [3.63, 3.8) is 0 Å². The van der Waals surface area contributed by atoms with Crippen LogP contribution in [0.3, 0.4) is 0 Å². The van der Waals surface area contributed by atoms with E-state index in [2.05, 4.69) is 5.43 Å². The van der Waals surface area contributed by atoms with Crippen LogP contribution >= 0.6 is 11.6 Å². The van der Waals surface area contributed by atoms with Crippen molar-refractivity contribution < 1.29 is 4.79 Å². The van der Waals surface area contributed by atoms with Gasteiger partial charge in [-0.2, -0.15) is 5.26 Å². The minimum Gasteiger partial charge on any atom is -0.273 e. The third-order valence-electron chi connectivity index (χ3n) is 2.09. The molecule has 1 aromatic rings. The molecular weight excluding hydrogens is 226 g/mol. The van der Waals surface area contributed by atoms with Crippen molar-refractivity contribution in [2.45, 2.75) is 6.42 Å². The standard InChI is InChI=1S/C11H8ClN3O/c12-9-4-8(7-13)5-10(6-9)15-3-1-2-11(16)14-15/h1,3-6H,2H2,(H,14,16). The van der Waals surface area contributed by atoms with Crippen LogP contribution in [-0.4, -0.2) is 5.91 Å². The van der Waals surface area contributed by atoms with E-state index in [9.17, 15) is 4.79 Å². The van der Waals surface area contributed by atoms with E-state index >= 15 is 0 Å². The van der Waals surface area contributed by atoms with Gasteiger partial charge < -0.3 is 0 Å². The first-order chi connectivity index (χ1) is 7.69. The molecule has 1 N–H and O–H groups in total. The molecule has 0 aliphatic carbocycles. The summed E-state index contributed by atoms with van der Waals surface area (Å²) in [4.78, 5) is 11.2. The first kappa shape index (κ1) is 10.5. The van der Waals surface area contributed by atoms with Crippen molar-refractivity contribution in [2.24, 2.45) is 0 Å². The Bertz CT molecular complexity index is 504. The number of benzene rings is 1. The summed E-state index contributed by atoms with van der Waals surface area (Å²) in [5.41, 5.74) is 3.77. The fourth-order valence-electron chi connectivity index (χ4n) is 1.41. The number of carbonyl (C=O) groups is 1. The van der Waals surface area contributed by atoms with Crippen LogP contribution in [0.15, 0.2) is 30.5 Å². The topological polar surface area (TPSA) is 56.1 Å². The van der Waals surface area contributed by atoms with Crippen molar-refractivity contribution in [3.05, 3.63) is 41.1 Å². The maximum Gasteiger partial charge on any atom is 0.242 e. The molecule has 5 heteroatoms. The number of nitrogens with one attached hydrogen (secondary N) is 1. The Morgan fingerprint density at radius 1 is 1.44 bits per heavy atom. The Kier molecular flexibility index (Phi) is 2.80. The first-order valence-electron chi connectivity index (χ1n) is 4.65. The second-order valence-electron chi connectivity index (χ2n) is 3.30. The van der Waals surface area contributed by atoms with Gasteiger partial charge in [0, 0.05) is 17.6 Å². The van der Waals surface area contributed by atoms with Crippen LogP contribution in [0.2, 0.25) is 5.02 Å². The molecule has 4 nitrogen and oxygen atoms in total. The predicted molar refractivity (Wildman–Crippen MR) is 60.5 cm³/mol. The highest BCUT2D eigenvalue weighted by atomic mass is 35.5. The molecule has 16 heavy (non-hydrogen) atoms. The second-order valence-corrected chi connectivity index (χ2v) is 3.74. The van der Waals surface area contributed by atoms with E-state index in [0.29, 0.717) is 22.7 Å². The lowest BCUT2D eigenvalue weighted by Crippen LogP contribution is -2.40. The van der Waals surface area contributed by atoms with Crippen LogP contribution in [0.4, 0.5) is 5.69 Å². The Morgan fingerprint density at radius 3 is 2.94 bits per heavy atom. The number of hydrogen-bond donors (Lipinski definition) is 1. The lowest BCUT2D eigenvalue weighted by molar-refractivity contribution is -0.120. The molecule has 80 valence electrons. The molecule has 0 saturated heterocycles. The van der Waals surface area contributed by atoms with E-state index in [4.69, 9.17) is 16.9 Å². The molecule has 0 bridgehead atoms. The fourth-order valence-corrected chi connectivity index (χ4v) is 1.64. The van der Waals surface area contributed by atoms with Gasteiger partial charge in [0.25, 0.3) is 0 Å². The third-order valence-corrected chi connectivity index (χ3v) is 2.31. The molecule has 0 radical (unpaired) electrons. The largest absolute Gasteiger partial charge is 0.273 e. The highest BCUT2D eigenvalue weighted by Gasteiger charge is 2.12. The number of amides is 1. The number of hydrogen-bond acceptors (Lipinski definition) is 3. The maximum absolute atomic E-state index is 11.2. The molecule has 2 rings (SSSR count). The van der Waals surface area contributed by atoms with Crippen LogP contribution in [0.5, 0.6) is 0 Å². The zero-order valence-electron chi connectivity index (χ0n) is 8.27. The molecule has 1 aliphatic rings. The molecular formula is C11H8ClN3O. The Hall–Kier alpha value is -1.99. The zero-order valence-corrected chi connectivity index (χ0v) is 9.03. The average molecular weight is 234 g/mol. The minimum atomic E-state index is -0.0963. The van der Waals surface area contributed by atoms with Crippen molar-refractivity contribution in [2.75, 3.05) is 5.01 Å². The molecule has 1 heterocycles. The summed E-state index contributed by atoms with van der Waals surface area (Å²) in [6, 6.07) is 6.91. The summed E-state index contributed by atoms with van der Waals surface area (Å²) in [5.74, 6) is -0.0963. The van der Waals surface area contributed by atoms with Crippen LogP contribution in [0.1, 0.15) is 12.0 Å². The van der Waals surface area contributed by atoms with Gasteiger partial charge in [0.2, 0.25) is 5.91 Å². The summed E-state index contributed by atoms with van der Waals surface area (Å²) in [5, 5.41) is 10.8. The number of halogens is 1. The number of hydrazine groups is 1. The highest BCUT2D eigenvalue weighted by molar-refractivity contribution is 6.31. The Labute approximate surface area is 97.7 Å². The fraction of sp³-hybridized carbons (Fsp3) is 0.0909. The summed E-state index contributed by atoms with van der Waals surface area (Å²) in [6.45, 7) is 0. The van der Waals surface area contributed by atoms with Crippen LogP contribution in [0, 0.1) is 11.3 Å². The molecule has 0 saturated carbocycles. The number of rotatable bonds is 1. The maximum atomic E-state index is 11.2. The predicted octanol–water partition coefficient (Wildman–Crippen LogP) is 1.97. The van der Waals surface area contributed by atoms with Crippen molar-refractivity contribution >= 4 is 23.2 Å². The number of carbonyl (C=O) groups excluding carboxylic acids is 1. The molecule has 0 atom stereocenters. The molecule has 1 aromatic carbocycles. The first-order valence-corrected chi connectivity index (χ1v) is 5.03. The Morgan fingerprint density at radius 2 is 2.25 bits per heavy atom. The minimum absolute atomic E-state index is 0.0963. The smallest absolute Gasteiger partial charge is 0.242 e. The van der Waals surface area contributed by atoms with E-state index < -0.39 is 0 Å². The monoisotopic (exact) mass is 233 g/mol. The van der Waals surface area contributed by atoms with Gasteiger partial charge in [-0.15, -0.1) is 0 Å². The molecule has 0 spiro atoms. The number of anilines is 1. The van der Waals surface area contributed by atoms with E-state index in [1.54, 1.807) is 35.5 Å². The van der Waals surface area contributed by atoms with Gasteiger partial charge in [-0.25, -0.2) is 0 Å². The van der Waals surface area contributed by atoms with Crippen molar-refractivity contribution in [1.82, 2.24) is 5.43 Å². The average Bonchev–Trinajstić information content (AvgIpc) is 2.28. The normalized spacial score (nSPS) is 14.5. The molecule has 1 amide bonds. The lowest BCUT2D eigenvalue weighted by Gasteiger charge is -2.24. The number of nitriles is 1. The van der Waals surface area contributed by atoms with E-state index in [1.807, 2.05) is 6.07 Å². The third kappa shape index (κ3) is 2.15. The lowest BCUT2D eigenvalue weighted by atomic mass is 10.2. The quantitative estimate of drug-likeness (QED) is 0.807. The second kappa shape index (κ2) is 4.25. The summed E-state index contributed by atoms with van der Waals surface area (Å²) < 4.78 is 0. The van der Waals surface area contributed by atoms with Gasteiger partial charge in [-0.1, -0.05) is 17.7 Å². The van der Waals surface area contributed by atoms with Crippen LogP contribution < -0.4 is 10.4 Å². The van der Waals surface area contributed by atoms with E-state index in [1.165, 1.54) is 0 Å². The van der Waals surface area contributed by atoms with Gasteiger partial charge in [-0.05, 0) is 18.2 Å². The van der Waals surface area contributed by atoms with Gasteiger partial charge in [0.1, 0.15) is 0 Å². The Balaban J connectivity index is 2.37. The van der Waals surface area contributed by atoms with E-state index in [0.717, 1.165) is 0 Å². The van der Waals surface area contributed by atoms with Crippen molar-refractivity contribution in [3.8, 4) is 6.07 Å². The SMILES string of the molecule is N#Cc1cc(Cl)cc(N2C=CCC(=O)N2)c1. The van der Waals surface area contributed by atoms with Crippen LogP contribution in [-0.2, 0) is 4.79 Å². The molecule has 0 fully saturated rings. The summed E-state index contributed by atoms with van der Waals surface area (Å²) in [6.07, 6.45) is 3.84. The summed E-state index contributed by atoms with van der Waals surface area (Å²) >= 11 is 5.87. The van der Waals surface area contributed by atoms with Crippen molar-refractivity contribution in [1.29, 1.82) is 5.26 Å². The van der Waals surface area contributed by atoms with Crippen LogP contribution in [0.25, 0.3) is 0 Å². The van der Waals surface area contributed by atoms with Gasteiger partial charge in [0.15, 0.2) is 0 Å². The van der Waals surface area contributed by atoms with Gasteiger partial charge >= 0.3 is 0 Å². The molecule has 0 aromatic heterocycles. The van der Waals surface area contributed by atoms with E-state index in [-0.39, 0.29) is 5.91 Å². The van der Waals surface area contributed by atoms with Gasteiger partial charge in [-0.3, -0.25) is 15.2 Å². The van der Waals surface area contributed by atoms with Gasteiger partial charge in [0.05, 0.1) is 17.3 Å². The number of nitrogens with zero attached hydrogens (tertiary/aromatic N) is 2. The summed E-state index contributed by atoms with van der Waals surface area (Å²) in [7, 11) is 0.